The number of carboxylic acid groups (broad SMARTS) is 1. The molecule has 2 aliphatic rings. The van der Waals surface area contributed by atoms with E-state index in [-0.39, 0.29) is 53.4 Å². The van der Waals surface area contributed by atoms with Gasteiger partial charge < -0.3 is 20.8 Å². The SMILES string of the molecule is O=C(O)CCNC(=O)CC1(O)C2CCC1CC(S(=O)(=O)c1cc(C(=O)Nc3cc(F)c(F)c(F)c3)ccc1Cl)C2. The zero-order chi connectivity index (χ0) is 29.4. The van der Waals surface area contributed by atoms with Gasteiger partial charge in [-0.3, -0.25) is 14.4 Å². The van der Waals surface area contributed by atoms with E-state index in [4.69, 9.17) is 16.7 Å². The Balaban J connectivity index is 1.50. The lowest BCUT2D eigenvalue weighted by Gasteiger charge is -2.42. The van der Waals surface area contributed by atoms with Gasteiger partial charge in [0.05, 0.1) is 33.6 Å². The number of hydrogen-bond donors (Lipinski definition) is 4. The van der Waals surface area contributed by atoms with Crippen molar-refractivity contribution in [3.05, 3.63) is 58.4 Å². The lowest BCUT2D eigenvalue weighted by atomic mass is 9.72. The van der Waals surface area contributed by atoms with Gasteiger partial charge in [-0.25, -0.2) is 21.6 Å². The Hall–Kier alpha value is -3.16. The first-order valence-corrected chi connectivity index (χ1v) is 14.3. The molecule has 0 spiro atoms. The minimum Gasteiger partial charge on any atom is -0.481 e. The molecule has 2 aromatic carbocycles. The molecule has 2 amide bonds. The van der Waals surface area contributed by atoms with Crippen LogP contribution in [0.2, 0.25) is 5.02 Å². The van der Waals surface area contributed by atoms with E-state index < -0.39 is 67.8 Å². The van der Waals surface area contributed by atoms with Gasteiger partial charge in [-0.05, 0) is 55.7 Å². The highest BCUT2D eigenvalue weighted by atomic mass is 35.5. The van der Waals surface area contributed by atoms with E-state index in [1.807, 2.05) is 0 Å². The van der Waals surface area contributed by atoms with Crippen LogP contribution in [0.1, 0.15) is 48.9 Å². The maximum absolute atomic E-state index is 13.7. The van der Waals surface area contributed by atoms with Crippen molar-refractivity contribution < 1.29 is 46.2 Å². The number of rotatable bonds is 9. The summed E-state index contributed by atoms with van der Waals surface area (Å²) < 4.78 is 67.6. The Morgan fingerprint density at radius 1 is 1.02 bits per heavy atom. The summed E-state index contributed by atoms with van der Waals surface area (Å²) in [5, 5.41) is 23.6. The minimum absolute atomic E-state index is 0.0403. The van der Waals surface area contributed by atoms with Gasteiger partial charge in [0.25, 0.3) is 5.91 Å². The lowest BCUT2D eigenvalue weighted by Crippen LogP contribution is -2.50. The van der Waals surface area contributed by atoms with Gasteiger partial charge in [0.15, 0.2) is 27.3 Å². The quantitative estimate of drug-likeness (QED) is 0.320. The van der Waals surface area contributed by atoms with Crippen LogP contribution in [0.4, 0.5) is 18.9 Å². The Kier molecular flexibility index (Phi) is 8.48. The third-order valence-corrected chi connectivity index (χ3v) is 10.3. The molecule has 2 atom stereocenters. The number of carbonyl (C=O) groups is 3. The van der Waals surface area contributed by atoms with E-state index in [0.717, 1.165) is 6.07 Å². The molecule has 2 unspecified atom stereocenters. The standard InChI is InChI=1S/C26H26ClF3N2O7S/c27-18-4-1-13(25(36)32-16-10-19(28)24(30)20(29)11-16)7-21(18)40(38,39)17-8-14-2-3-15(9-17)26(14,37)12-22(33)31-6-5-23(34)35/h1,4,7,10-11,14-15,17,37H,2-3,5-6,8-9,12H2,(H,31,33)(H,32,36)(H,34,35). The molecule has 2 aromatic rings. The predicted octanol–water partition coefficient (Wildman–Crippen LogP) is 3.68. The highest BCUT2D eigenvalue weighted by Gasteiger charge is 2.56. The molecule has 0 heterocycles. The van der Waals surface area contributed by atoms with E-state index in [0.29, 0.717) is 25.0 Å². The summed E-state index contributed by atoms with van der Waals surface area (Å²) in [5.41, 5.74) is -2.00. The van der Waals surface area contributed by atoms with Crippen molar-refractivity contribution in [3.8, 4) is 0 Å². The summed E-state index contributed by atoms with van der Waals surface area (Å²) in [4.78, 5) is 35.4. The number of aliphatic hydroxyl groups is 1. The van der Waals surface area contributed by atoms with Crippen LogP contribution in [0.25, 0.3) is 0 Å². The largest absolute Gasteiger partial charge is 0.481 e. The maximum Gasteiger partial charge on any atom is 0.305 e. The van der Waals surface area contributed by atoms with Gasteiger partial charge in [-0.1, -0.05) is 11.6 Å². The number of sulfone groups is 1. The summed E-state index contributed by atoms with van der Waals surface area (Å²) in [6, 6.07) is 4.62. The molecule has 0 aromatic heterocycles. The molecule has 0 aliphatic heterocycles. The first kappa shape index (κ1) is 29.8. The monoisotopic (exact) mass is 602 g/mol. The van der Waals surface area contributed by atoms with E-state index >= 15 is 0 Å². The average molecular weight is 603 g/mol. The first-order chi connectivity index (χ1) is 18.7. The number of nitrogens with one attached hydrogen (secondary N) is 2. The summed E-state index contributed by atoms with van der Waals surface area (Å²) >= 11 is 6.21. The van der Waals surface area contributed by atoms with Gasteiger partial charge >= 0.3 is 5.97 Å². The molecule has 2 aliphatic carbocycles. The third-order valence-electron chi connectivity index (χ3n) is 7.66. The van der Waals surface area contributed by atoms with Crippen LogP contribution < -0.4 is 10.6 Å². The first-order valence-electron chi connectivity index (χ1n) is 12.4. The molecule has 0 radical (unpaired) electrons. The molecule has 0 saturated heterocycles. The van der Waals surface area contributed by atoms with E-state index in [9.17, 15) is 41.1 Å². The number of anilines is 1. The van der Waals surface area contributed by atoms with Crippen molar-refractivity contribution >= 4 is 44.9 Å². The van der Waals surface area contributed by atoms with Crippen molar-refractivity contribution in [1.82, 2.24) is 5.32 Å². The number of carbonyl (C=O) groups excluding carboxylic acids is 2. The van der Waals surface area contributed by atoms with E-state index in [1.165, 1.54) is 12.1 Å². The summed E-state index contributed by atoms with van der Waals surface area (Å²) in [7, 11) is -4.13. The number of benzene rings is 2. The van der Waals surface area contributed by atoms with Gasteiger partial charge in [0, 0.05) is 29.9 Å². The molecular weight excluding hydrogens is 577 g/mol. The number of fused-ring (bicyclic) bond motifs is 2. The van der Waals surface area contributed by atoms with Crippen LogP contribution in [-0.4, -0.2) is 53.8 Å². The molecule has 216 valence electrons. The van der Waals surface area contributed by atoms with Crippen molar-refractivity contribution in [2.24, 2.45) is 11.8 Å². The number of carboxylic acids is 1. The molecule has 9 nitrogen and oxygen atoms in total. The second-order valence-electron chi connectivity index (χ2n) is 10.1. The van der Waals surface area contributed by atoms with Crippen molar-refractivity contribution in [1.29, 1.82) is 0 Å². The number of aliphatic carboxylic acids is 1. The van der Waals surface area contributed by atoms with Crippen molar-refractivity contribution in [2.45, 2.75) is 54.3 Å². The summed E-state index contributed by atoms with van der Waals surface area (Å²) in [6.07, 6.45) is 0.521. The van der Waals surface area contributed by atoms with Gasteiger partial charge in [0.2, 0.25) is 5.91 Å². The highest BCUT2D eigenvalue weighted by Crippen LogP contribution is 2.53. The molecule has 4 N–H and O–H groups in total. The minimum atomic E-state index is -4.13. The van der Waals surface area contributed by atoms with Crippen molar-refractivity contribution in [3.63, 3.8) is 0 Å². The summed E-state index contributed by atoms with van der Waals surface area (Å²) in [6.45, 7) is -0.0932. The average Bonchev–Trinajstić information content (AvgIpc) is 3.03. The zero-order valence-electron chi connectivity index (χ0n) is 20.9. The van der Waals surface area contributed by atoms with E-state index in [2.05, 4.69) is 10.6 Å². The van der Waals surface area contributed by atoms with E-state index in [1.54, 1.807) is 0 Å². The second-order valence-corrected chi connectivity index (χ2v) is 12.7. The molecule has 2 bridgehead atoms. The Morgan fingerprint density at radius 3 is 2.20 bits per heavy atom. The van der Waals surface area contributed by atoms with Crippen LogP contribution in [-0.2, 0) is 19.4 Å². The molecule has 2 saturated carbocycles. The fraction of sp³-hybridized carbons (Fsp3) is 0.423. The lowest BCUT2D eigenvalue weighted by molar-refractivity contribution is -0.137. The maximum atomic E-state index is 13.7. The number of amides is 2. The fourth-order valence-corrected chi connectivity index (χ4v) is 8.06. The Bertz CT molecular complexity index is 1430. The Labute approximate surface area is 232 Å². The highest BCUT2D eigenvalue weighted by molar-refractivity contribution is 7.92. The molecule has 2 fully saturated rings. The summed E-state index contributed by atoms with van der Waals surface area (Å²) in [5.74, 6) is -8.27. The Morgan fingerprint density at radius 2 is 1.62 bits per heavy atom. The van der Waals surface area contributed by atoms with Crippen LogP contribution in [0.5, 0.6) is 0 Å². The zero-order valence-corrected chi connectivity index (χ0v) is 22.5. The molecule has 40 heavy (non-hydrogen) atoms. The topological polar surface area (TPSA) is 150 Å². The van der Waals surface area contributed by atoms with Gasteiger partial charge in [-0.15, -0.1) is 0 Å². The van der Waals surface area contributed by atoms with Crippen LogP contribution in [0, 0.1) is 29.3 Å². The fourth-order valence-electron chi connectivity index (χ4n) is 5.65. The molecule has 4 rings (SSSR count). The smallest absolute Gasteiger partial charge is 0.305 e. The van der Waals surface area contributed by atoms with Crippen molar-refractivity contribution in [2.75, 3.05) is 11.9 Å². The molecule has 14 heteroatoms. The second kappa shape index (κ2) is 11.4. The van der Waals surface area contributed by atoms with Crippen LogP contribution in [0.15, 0.2) is 35.2 Å². The molecular formula is C26H26ClF3N2O7S. The normalized spacial score (nSPS) is 24.0. The van der Waals surface area contributed by atoms with Crippen LogP contribution >= 0.6 is 11.6 Å². The number of hydrogen-bond acceptors (Lipinski definition) is 6. The predicted molar refractivity (Wildman–Crippen MR) is 137 cm³/mol. The number of halogens is 4. The van der Waals surface area contributed by atoms with Gasteiger partial charge in [0.1, 0.15) is 0 Å². The third kappa shape index (κ3) is 5.96. The van der Waals surface area contributed by atoms with Gasteiger partial charge in [-0.2, -0.15) is 0 Å². The van der Waals surface area contributed by atoms with Crippen LogP contribution in [0.3, 0.4) is 0 Å².